The molecule has 0 bridgehead atoms. The van der Waals surface area contributed by atoms with Crippen molar-refractivity contribution >= 4 is 45.7 Å². The number of hydrogen-bond donors (Lipinski definition) is 1. The van der Waals surface area contributed by atoms with Gasteiger partial charge in [0.25, 0.3) is 11.5 Å². The minimum atomic E-state index is -1.63. The summed E-state index contributed by atoms with van der Waals surface area (Å²) in [7, 11) is 5.06. The molecule has 0 saturated heterocycles. The van der Waals surface area contributed by atoms with Crippen molar-refractivity contribution in [3.05, 3.63) is 128 Å². The van der Waals surface area contributed by atoms with E-state index >= 15 is 0 Å². The highest BCUT2D eigenvalue weighted by Gasteiger charge is 2.37. The molecule has 0 spiro atoms. The highest BCUT2D eigenvalue weighted by atomic mass is 35.5. The average Bonchev–Trinajstić information content (AvgIpc) is 3.35. The lowest BCUT2D eigenvalue weighted by Crippen LogP contribution is -2.32. The Morgan fingerprint density at radius 2 is 1.66 bits per heavy atom. The first-order chi connectivity index (χ1) is 18.1. The molecule has 1 atom stereocenters. The molecule has 38 heavy (non-hydrogen) atoms. The Morgan fingerprint density at radius 3 is 2.32 bits per heavy atom. The van der Waals surface area contributed by atoms with E-state index in [2.05, 4.69) is 4.98 Å². The molecular weight excluding hydrogens is 523 g/mol. The Hall–Kier alpha value is -3.91. The van der Waals surface area contributed by atoms with Gasteiger partial charge in [0, 0.05) is 48.3 Å². The number of imidazole rings is 1. The summed E-state index contributed by atoms with van der Waals surface area (Å²) in [4.78, 5) is 32.2. The molecule has 1 N–H and O–H groups in total. The number of aliphatic hydroxyl groups is 1. The maximum absolute atomic E-state index is 13.7. The molecule has 0 aliphatic carbocycles. The number of anilines is 1. The van der Waals surface area contributed by atoms with Crippen LogP contribution in [0.4, 0.5) is 5.69 Å². The summed E-state index contributed by atoms with van der Waals surface area (Å²) in [6.45, 7) is 0. The average molecular weight is 547 g/mol. The molecule has 1 unspecified atom stereocenters. The SMILES string of the molecule is CN(C(=O)c1cc(=O)n(C)c2ccc(C(O)(c3ccc(Cl)cc3)c3cncn3C)cc12)c1cccc(Cl)c1. The number of carbonyl (C=O) groups is 1. The van der Waals surface area contributed by atoms with E-state index in [1.807, 2.05) is 0 Å². The zero-order valence-corrected chi connectivity index (χ0v) is 22.4. The number of pyridine rings is 1. The minimum Gasteiger partial charge on any atom is -0.374 e. The maximum atomic E-state index is 13.7. The number of aryl methyl sites for hydroxylation is 2. The van der Waals surface area contributed by atoms with Gasteiger partial charge in [-0.2, -0.15) is 0 Å². The fraction of sp³-hybridized carbons (Fsp3) is 0.138. The van der Waals surface area contributed by atoms with Gasteiger partial charge in [0.2, 0.25) is 0 Å². The smallest absolute Gasteiger partial charge is 0.258 e. The van der Waals surface area contributed by atoms with Gasteiger partial charge >= 0.3 is 0 Å². The zero-order valence-electron chi connectivity index (χ0n) is 20.9. The normalized spacial score (nSPS) is 12.9. The summed E-state index contributed by atoms with van der Waals surface area (Å²) in [5, 5.41) is 13.9. The molecule has 0 saturated carbocycles. The highest BCUT2D eigenvalue weighted by molar-refractivity contribution is 6.31. The second kappa shape index (κ2) is 9.76. The molecule has 2 aromatic heterocycles. The van der Waals surface area contributed by atoms with E-state index in [1.165, 1.54) is 15.5 Å². The molecule has 9 heteroatoms. The molecule has 0 aliphatic rings. The Bertz CT molecular complexity index is 1740. The molecule has 3 aromatic carbocycles. The Labute approximate surface area is 229 Å². The molecule has 0 aliphatic heterocycles. The quantitative estimate of drug-likeness (QED) is 0.331. The first-order valence-corrected chi connectivity index (χ1v) is 12.5. The van der Waals surface area contributed by atoms with Crippen molar-refractivity contribution in [2.24, 2.45) is 14.1 Å². The summed E-state index contributed by atoms with van der Waals surface area (Å²) in [6, 6.07) is 20.4. The second-order valence-electron chi connectivity index (χ2n) is 9.14. The van der Waals surface area contributed by atoms with Crippen molar-refractivity contribution in [1.82, 2.24) is 14.1 Å². The standard InChI is InChI=1S/C29H24Cl2N4O3/c1-33-17-32-16-26(33)29(38,18-7-10-20(30)11-8-18)19-9-12-25-23(13-19)24(15-27(36)35(25)3)28(37)34(2)22-6-4-5-21(31)14-22/h4-17,38H,1-3H3. The lowest BCUT2D eigenvalue weighted by atomic mass is 9.82. The van der Waals surface area contributed by atoms with Crippen LogP contribution in [-0.4, -0.2) is 32.2 Å². The molecule has 1 amide bonds. The molecule has 5 rings (SSSR count). The van der Waals surface area contributed by atoms with Crippen LogP contribution in [0.3, 0.4) is 0 Å². The van der Waals surface area contributed by atoms with Crippen LogP contribution in [-0.2, 0) is 19.7 Å². The number of aromatic nitrogens is 3. The fourth-order valence-electron chi connectivity index (χ4n) is 4.71. The zero-order chi connectivity index (χ0) is 27.2. The summed E-state index contributed by atoms with van der Waals surface area (Å²) >= 11 is 12.3. The maximum Gasteiger partial charge on any atom is 0.258 e. The molecule has 7 nitrogen and oxygen atoms in total. The molecule has 0 radical (unpaired) electrons. The molecule has 192 valence electrons. The van der Waals surface area contributed by atoms with E-state index in [4.69, 9.17) is 23.2 Å². The van der Waals surface area contributed by atoms with Crippen molar-refractivity contribution < 1.29 is 9.90 Å². The van der Waals surface area contributed by atoms with Crippen molar-refractivity contribution in [2.45, 2.75) is 5.60 Å². The third kappa shape index (κ3) is 4.28. The highest BCUT2D eigenvalue weighted by Crippen LogP contribution is 2.38. The fourth-order valence-corrected chi connectivity index (χ4v) is 5.02. The summed E-state index contributed by atoms with van der Waals surface area (Å²) in [5.74, 6) is -0.386. The van der Waals surface area contributed by atoms with Gasteiger partial charge in [0.15, 0.2) is 5.60 Å². The van der Waals surface area contributed by atoms with E-state index in [0.29, 0.717) is 43.5 Å². The van der Waals surface area contributed by atoms with E-state index < -0.39 is 5.60 Å². The summed E-state index contributed by atoms with van der Waals surface area (Å²) in [6.07, 6.45) is 3.20. The van der Waals surface area contributed by atoms with Crippen LogP contribution in [0.1, 0.15) is 27.2 Å². The Balaban J connectivity index is 1.75. The van der Waals surface area contributed by atoms with Crippen LogP contribution in [0.15, 0.2) is 90.1 Å². The van der Waals surface area contributed by atoms with Gasteiger partial charge in [-0.25, -0.2) is 4.98 Å². The van der Waals surface area contributed by atoms with Crippen molar-refractivity contribution in [2.75, 3.05) is 11.9 Å². The van der Waals surface area contributed by atoms with Gasteiger partial charge in [-0.3, -0.25) is 9.59 Å². The Morgan fingerprint density at radius 1 is 0.947 bits per heavy atom. The van der Waals surface area contributed by atoms with Crippen LogP contribution >= 0.6 is 23.2 Å². The molecular formula is C29H24Cl2N4O3. The molecule has 5 aromatic rings. The van der Waals surface area contributed by atoms with Gasteiger partial charge in [0.05, 0.1) is 29.3 Å². The van der Waals surface area contributed by atoms with Crippen molar-refractivity contribution in [3.8, 4) is 0 Å². The lowest BCUT2D eigenvalue weighted by molar-refractivity contribution is 0.0994. The van der Waals surface area contributed by atoms with Gasteiger partial charge in [0.1, 0.15) is 0 Å². The number of nitrogens with zero attached hydrogens (tertiary/aromatic N) is 4. The van der Waals surface area contributed by atoms with Crippen molar-refractivity contribution in [3.63, 3.8) is 0 Å². The van der Waals surface area contributed by atoms with Gasteiger partial charge in [-0.15, -0.1) is 0 Å². The first kappa shape index (κ1) is 25.7. The number of halogens is 2. The Kier molecular flexibility index (Phi) is 6.61. The third-order valence-electron chi connectivity index (χ3n) is 6.84. The predicted octanol–water partition coefficient (Wildman–Crippen LogP) is 5.14. The van der Waals surface area contributed by atoms with E-state index in [9.17, 15) is 14.7 Å². The number of amides is 1. The van der Waals surface area contributed by atoms with Crippen molar-refractivity contribution in [1.29, 1.82) is 0 Å². The van der Waals surface area contributed by atoms with E-state index in [0.717, 1.165) is 0 Å². The van der Waals surface area contributed by atoms with Crippen LogP contribution < -0.4 is 10.5 Å². The number of fused-ring (bicyclic) bond motifs is 1. The van der Waals surface area contributed by atoms with Crippen LogP contribution in [0.5, 0.6) is 0 Å². The largest absolute Gasteiger partial charge is 0.374 e. The molecule has 2 heterocycles. The van der Waals surface area contributed by atoms with Gasteiger partial charge < -0.3 is 19.1 Å². The summed E-state index contributed by atoms with van der Waals surface area (Å²) in [5.41, 5.74) is 0.967. The lowest BCUT2D eigenvalue weighted by Gasteiger charge is -2.30. The van der Waals surface area contributed by atoms with Gasteiger partial charge in [-0.1, -0.05) is 47.5 Å². The number of benzene rings is 3. The van der Waals surface area contributed by atoms with Crippen LogP contribution in [0.25, 0.3) is 10.9 Å². The number of hydrogen-bond acceptors (Lipinski definition) is 4. The topological polar surface area (TPSA) is 80.4 Å². The predicted molar refractivity (Wildman–Crippen MR) is 150 cm³/mol. The van der Waals surface area contributed by atoms with Gasteiger partial charge in [-0.05, 0) is 53.6 Å². The van der Waals surface area contributed by atoms with E-state index in [1.54, 1.807) is 105 Å². The summed E-state index contributed by atoms with van der Waals surface area (Å²) < 4.78 is 3.21. The third-order valence-corrected chi connectivity index (χ3v) is 7.33. The van der Waals surface area contributed by atoms with Crippen LogP contribution in [0.2, 0.25) is 10.0 Å². The minimum absolute atomic E-state index is 0.205. The second-order valence-corrected chi connectivity index (χ2v) is 10.0. The monoisotopic (exact) mass is 546 g/mol. The molecule has 0 fully saturated rings. The van der Waals surface area contributed by atoms with Crippen LogP contribution in [0, 0.1) is 0 Å². The number of rotatable bonds is 5. The number of carbonyl (C=O) groups excluding carboxylic acids is 1. The first-order valence-electron chi connectivity index (χ1n) is 11.7. The van der Waals surface area contributed by atoms with E-state index in [-0.39, 0.29) is 17.0 Å².